The third-order valence-corrected chi connectivity index (χ3v) is 6.31. The number of hydrogen-bond acceptors (Lipinski definition) is 6. The Morgan fingerprint density at radius 3 is 2.66 bits per heavy atom. The lowest BCUT2D eigenvalue weighted by molar-refractivity contribution is -0.134. The zero-order valence-corrected chi connectivity index (χ0v) is 16.5. The van der Waals surface area contributed by atoms with Gasteiger partial charge >= 0.3 is 6.03 Å². The van der Waals surface area contributed by atoms with Crippen LogP contribution in [0.1, 0.15) is 52.8 Å². The highest BCUT2D eigenvalue weighted by Crippen LogP contribution is 2.36. The fourth-order valence-electron chi connectivity index (χ4n) is 3.58. The first-order valence-corrected chi connectivity index (χ1v) is 10.1. The Bertz CT molecular complexity index is 959. The predicted molar refractivity (Wildman–Crippen MR) is 104 cm³/mol. The Morgan fingerprint density at radius 2 is 1.97 bits per heavy atom. The topological polar surface area (TPSA) is 121 Å². The Hall–Kier alpha value is -3.14. The van der Waals surface area contributed by atoms with Crippen molar-refractivity contribution in [3.05, 3.63) is 41.2 Å². The highest BCUT2D eigenvalue weighted by Gasteiger charge is 2.53. The lowest BCUT2D eigenvalue weighted by atomic mass is 9.77. The number of carbonyl (C=O) groups excluding carboxylic acids is 4. The molecule has 0 atom stereocenters. The number of imide groups is 1. The first kappa shape index (κ1) is 19.2. The fourth-order valence-corrected chi connectivity index (χ4v) is 4.37. The Morgan fingerprint density at radius 1 is 1.21 bits per heavy atom. The Labute approximate surface area is 170 Å². The van der Waals surface area contributed by atoms with Gasteiger partial charge in [-0.2, -0.15) is 5.01 Å². The van der Waals surface area contributed by atoms with Crippen LogP contribution in [0, 0.1) is 5.92 Å². The molecule has 9 nitrogen and oxygen atoms in total. The maximum atomic E-state index is 12.8. The van der Waals surface area contributed by atoms with Gasteiger partial charge in [0.25, 0.3) is 17.7 Å². The highest BCUT2D eigenvalue weighted by molar-refractivity contribution is 7.18. The molecule has 1 saturated carbocycles. The largest absolute Gasteiger partial charge is 0.459 e. The van der Waals surface area contributed by atoms with Crippen molar-refractivity contribution in [3.63, 3.8) is 0 Å². The van der Waals surface area contributed by atoms with Crippen molar-refractivity contribution in [1.82, 2.24) is 15.8 Å². The SMILES string of the molecule is CC1CCC2(CC1)NC(=O)N(NC(=O)c1ccc(NC(=O)c3ccco3)s1)C2=O. The van der Waals surface area contributed by atoms with E-state index in [0.717, 1.165) is 29.2 Å². The molecule has 2 aromatic rings. The van der Waals surface area contributed by atoms with Crippen molar-refractivity contribution in [3.8, 4) is 0 Å². The number of nitrogens with one attached hydrogen (secondary N) is 3. The lowest BCUT2D eigenvalue weighted by Crippen LogP contribution is -2.51. The second kappa shape index (κ2) is 7.36. The van der Waals surface area contributed by atoms with E-state index in [1.165, 1.54) is 18.4 Å². The third-order valence-electron chi connectivity index (χ3n) is 5.31. The molecular weight excluding hydrogens is 396 g/mol. The van der Waals surface area contributed by atoms with Gasteiger partial charge < -0.3 is 15.1 Å². The number of hydrazine groups is 1. The number of hydrogen-bond donors (Lipinski definition) is 3. The van der Waals surface area contributed by atoms with Gasteiger partial charge in [-0.1, -0.05) is 6.92 Å². The zero-order chi connectivity index (χ0) is 20.6. The van der Waals surface area contributed by atoms with Gasteiger partial charge in [-0.15, -0.1) is 11.3 Å². The van der Waals surface area contributed by atoms with E-state index in [-0.39, 0.29) is 10.6 Å². The van der Waals surface area contributed by atoms with E-state index < -0.39 is 29.3 Å². The molecule has 4 rings (SSSR count). The molecule has 1 saturated heterocycles. The summed E-state index contributed by atoms with van der Waals surface area (Å²) in [7, 11) is 0. The summed E-state index contributed by atoms with van der Waals surface area (Å²) in [6, 6.07) is 5.57. The van der Waals surface area contributed by atoms with Crippen LogP contribution >= 0.6 is 11.3 Å². The van der Waals surface area contributed by atoms with Crippen LogP contribution in [0.25, 0.3) is 0 Å². The minimum Gasteiger partial charge on any atom is -0.459 e. The number of amides is 5. The van der Waals surface area contributed by atoms with Crippen molar-refractivity contribution in [2.45, 2.75) is 38.1 Å². The summed E-state index contributed by atoms with van der Waals surface area (Å²) in [6.45, 7) is 2.12. The zero-order valence-electron chi connectivity index (χ0n) is 15.7. The minimum absolute atomic E-state index is 0.149. The van der Waals surface area contributed by atoms with Crippen LogP contribution in [0.15, 0.2) is 34.9 Å². The number of urea groups is 1. The molecule has 0 radical (unpaired) electrons. The lowest BCUT2D eigenvalue weighted by Gasteiger charge is -2.33. The van der Waals surface area contributed by atoms with E-state index in [1.54, 1.807) is 12.1 Å². The van der Waals surface area contributed by atoms with E-state index in [0.29, 0.717) is 23.8 Å². The first-order valence-electron chi connectivity index (χ1n) is 9.30. The summed E-state index contributed by atoms with van der Waals surface area (Å²) in [5.74, 6) is -0.805. The molecule has 1 spiro atoms. The Balaban J connectivity index is 1.41. The number of nitrogens with zero attached hydrogens (tertiary/aromatic N) is 1. The molecule has 1 aliphatic carbocycles. The smallest absolute Gasteiger partial charge is 0.344 e. The number of carbonyl (C=O) groups is 4. The second-order valence-electron chi connectivity index (χ2n) is 7.37. The maximum absolute atomic E-state index is 12.8. The Kier molecular flexibility index (Phi) is 4.87. The first-order chi connectivity index (χ1) is 13.9. The number of furan rings is 1. The van der Waals surface area contributed by atoms with Crippen LogP contribution in [0.3, 0.4) is 0 Å². The molecule has 0 unspecified atom stereocenters. The molecule has 10 heteroatoms. The summed E-state index contributed by atoms with van der Waals surface area (Å²) < 4.78 is 5.02. The van der Waals surface area contributed by atoms with Crippen LogP contribution in [-0.2, 0) is 4.79 Å². The average molecular weight is 416 g/mol. The molecule has 2 aliphatic rings. The molecule has 2 fully saturated rings. The minimum atomic E-state index is -0.922. The van der Waals surface area contributed by atoms with Crippen LogP contribution in [0.5, 0.6) is 0 Å². The van der Waals surface area contributed by atoms with E-state index >= 15 is 0 Å². The quantitative estimate of drug-likeness (QED) is 0.662. The second-order valence-corrected chi connectivity index (χ2v) is 8.46. The molecule has 5 amide bonds. The van der Waals surface area contributed by atoms with Gasteiger partial charge in [-0.3, -0.25) is 19.8 Å². The summed E-state index contributed by atoms with van der Waals surface area (Å²) >= 11 is 1.02. The number of anilines is 1. The van der Waals surface area contributed by atoms with Crippen molar-refractivity contribution >= 4 is 40.1 Å². The molecule has 29 heavy (non-hydrogen) atoms. The summed E-state index contributed by atoms with van der Waals surface area (Å²) in [4.78, 5) is 49.9. The number of rotatable bonds is 4. The van der Waals surface area contributed by atoms with Gasteiger partial charge in [0.05, 0.1) is 16.1 Å². The number of thiophene rings is 1. The van der Waals surface area contributed by atoms with Crippen molar-refractivity contribution < 1.29 is 23.6 Å². The van der Waals surface area contributed by atoms with E-state index in [4.69, 9.17) is 4.42 Å². The molecule has 2 aromatic heterocycles. The van der Waals surface area contributed by atoms with Gasteiger partial charge in [0, 0.05) is 0 Å². The molecular formula is C19H20N4O5S. The summed E-state index contributed by atoms with van der Waals surface area (Å²) in [5.41, 5.74) is 1.46. The van der Waals surface area contributed by atoms with Crippen LogP contribution < -0.4 is 16.1 Å². The van der Waals surface area contributed by atoms with E-state index in [9.17, 15) is 19.2 Å². The van der Waals surface area contributed by atoms with Crippen molar-refractivity contribution in [2.75, 3.05) is 5.32 Å². The fraction of sp³-hybridized carbons (Fsp3) is 0.368. The molecule has 3 N–H and O–H groups in total. The standard InChI is InChI=1S/C19H20N4O5S/c1-11-6-8-19(9-7-11)17(26)23(18(27)21-19)22-16(25)13-4-5-14(29-13)20-15(24)12-3-2-10-28-12/h2-5,10-11H,6-9H2,1H3,(H,20,24)(H,21,27)(H,22,25). The van der Waals surface area contributed by atoms with Crippen LogP contribution in [0.4, 0.5) is 9.80 Å². The van der Waals surface area contributed by atoms with Gasteiger partial charge in [0.2, 0.25) is 0 Å². The van der Waals surface area contributed by atoms with Gasteiger partial charge in [0.15, 0.2) is 5.76 Å². The maximum Gasteiger partial charge on any atom is 0.344 e. The van der Waals surface area contributed by atoms with Gasteiger partial charge in [-0.05, 0) is 55.9 Å². The average Bonchev–Trinajstić information content (AvgIpc) is 3.42. The van der Waals surface area contributed by atoms with Crippen molar-refractivity contribution in [2.24, 2.45) is 5.92 Å². The molecule has 0 bridgehead atoms. The monoisotopic (exact) mass is 416 g/mol. The van der Waals surface area contributed by atoms with Crippen LogP contribution in [0.2, 0.25) is 0 Å². The van der Waals surface area contributed by atoms with Crippen molar-refractivity contribution in [1.29, 1.82) is 0 Å². The normalized spacial score (nSPS) is 23.9. The van der Waals surface area contributed by atoms with Gasteiger partial charge in [-0.25, -0.2) is 4.79 Å². The van der Waals surface area contributed by atoms with Gasteiger partial charge in [0.1, 0.15) is 5.54 Å². The van der Waals surface area contributed by atoms with E-state index in [1.807, 2.05) is 0 Å². The molecule has 152 valence electrons. The predicted octanol–water partition coefficient (Wildman–Crippen LogP) is 2.74. The summed E-state index contributed by atoms with van der Waals surface area (Å²) in [6.07, 6.45) is 4.20. The van der Waals surface area contributed by atoms with E-state index in [2.05, 4.69) is 23.0 Å². The third kappa shape index (κ3) is 3.63. The molecule has 0 aromatic carbocycles. The molecule has 3 heterocycles. The van der Waals surface area contributed by atoms with Crippen LogP contribution in [-0.4, -0.2) is 34.3 Å². The highest BCUT2D eigenvalue weighted by atomic mass is 32.1. The molecule has 1 aliphatic heterocycles. The summed E-state index contributed by atoms with van der Waals surface area (Å²) in [5, 5.41) is 6.58.